The van der Waals surface area contributed by atoms with Gasteiger partial charge < -0.3 is 5.32 Å². The fourth-order valence-corrected chi connectivity index (χ4v) is 4.74. The van der Waals surface area contributed by atoms with Gasteiger partial charge in [0.25, 0.3) is 0 Å². The lowest BCUT2D eigenvalue weighted by atomic mass is 10.1. The second-order valence-corrected chi connectivity index (χ2v) is 8.07. The molecule has 2 aromatic rings. The molecule has 0 saturated carbocycles. The molecule has 8 heteroatoms. The summed E-state index contributed by atoms with van der Waals surface area (Å²) in [5, 5.41) is 3.27. The number of rotatable bonds is 4. The fourth-order valence-electron chi connectivity index (χ4n) is 2.71. The second kappa shape index (κ2) is 8.31. The van der Waals surface area contributed by atoms with Crippen LogP contribution in [0.15, 0.2) is 58.6 Å². The van der Waals surface area contributed by atoms with Crippen LogP contribution < -0.4 is 5.32 Å². The first-order valence-corrected chi connectivity index (χ1v) is 10.1. The molecule has 1 saturated heterocycles. The summed E-state index contributed by atoms with van der Waals surface area (Å²) < 4.78 is 27.7. The van der Waals surface area contributed by atoms with Crippen LogP contribution in [0.25, 0.3) is 0 Å². The average Bonchev–Trinajstić information content (AvgIpc) is 2.62. The highest BCUT2D eigenvalue weighted by Gasteiger charge is 2.34. The van der Waals surface area contributed by atoms with Crippen LogP contribution >= 0.6 is 24.2 Å². The minimum Gasteiger partial charge on any atom is -0.313 e. The van der Waals surface area contributed by atoms with Gasteiger partial charge in [-0.25, -0.2) is 8.42 Å². The number of hydrogen-bond acceptors (Lipinski definition) is 5. The Bertz CT molecular complexity index is 755. The van der Waals surface area contributed by atoms with Gasteiger partial charge in [0.1, 0.15) is 0 Å². The number of sulfonamides is 1. The van der Waals surface area contributed by atoms with Crippen molar-refractivity contribution in [3.8, 4) is 0 Å². The molecule has 24 heavy (non-hydrogen) atoms. The Kier molecular flexibility index (Phi) is 6.65. The van der Waals surface area contributed by atoms with Crippen molar-refractivity contribution in [1.29, 1.82) is 0 Å². The van der Waals surface area contributed by atoms with Crippen LogP contribution in [-0.2, 0) is 10.0 Å². The standard InChI is InChI=1S/C16H19N3O2S2.ClH/c1-22-14-4-6-15(7-5-14)23(20,21)19-10-9-18-12-16(19)13-3-2-8-17-11-13;/h2-8,11,16,18H,9-10,12H2,1H3;1H. The van der Waals surface area contributed by atoms with Gasteiger partial charge >= 0.3 is 0 Å². The first-order valence-electron chi connectivity index (χ1n) is 7.39. The lowest BCUT2D eigenvalue weighted by molar-refractivity contribution is 0.271. The molecule has 0 amide bonds. The molecule has 3 rings (SSSR count). The molecule has 1 aromatic heterocycles. The summed E-state index contributed by atoms with van der Waals surface area (Å²) in [6, 6.07) is 10.6. The van der Waals surface area contributed by atoms with Crippen LogP contribution in [-0.4, -0.2) is 43.6 Å². The van der Waals surface area contributed by atoms with Crippen molar-refractivity contribution in [1.82, 2.24) is 14.6 Å². The number of nitrogens with zero attached hydrogens (tertiary/aromatic N) is 2. The van der Waals surface area contributed by atoms with Crippen molar-refractivity contribution in [2.45, 2.75) is 15.8 Å². The highest BCUT2D eigenvalue weighted by Crippen LogP contribution is 2.29. The molecule has 1 aliphatic rings. The molecular weight excluding hydrogens is 366 g/mol. The zero-order valence-corrected chi connectivity index (χ0v) is 15.7. The number of aromatic nitrogens is 1. The van der Waals surface area contributed by atoms with Gasteiger partial charge in [-0.1, -0.05) is 6.07 Å². The van der Waals surface area contributed by atoms with Gasteiger partial charge in [0.2, 0.25) is 10.0 Å². The maximum Gasteiger partial charge on any atom is 0.243 e. The van der Waals surface area contributed by atoms with E-state index < -0.39 is 10.0 Å². The molecule has 0 spiro atoms. The van der Waals surface area contributed by atoms with Gasteiger partial charge in [-0.05, 0) is 42.2 Å². The van der Waals surface area contributed by atoms with Crippen LogP contribution in [0.3, 0.4) is 0 Å². The van der Waals surface area contributed by atoms with Crippen molar-refractivity contribution in [2.75, 3.05) is 25.9 Å². The van der Waals surface area contributed by atoms with Gasteiger partial charge in [-0.15, -0.1) is 24.2 Å². The normalized spacial score (nSPS) is 18.8. The minimum atomic E-state index is -3.53. The lowest BCUT2D eigenvalue weighted by Crippen LogP contribution is -2.48. The third-order valence-electron chi connectivity index (χ3n) is 3.93. The second-order valence-electron chi connectivity index (χ2n) is 5.30. The van der Waals surface area contributed by atoms with E-state index in [0.29, 0.717) is 24.5 Å². The summed E-state index contributed by atoms with van der Waals surface area (Å²) >= 11 is 1.59. The van der Waals surface area contributed by atoms with E-state index >= 15 is 0 Å². The summed E-state index contributed by atoms with van der Waals surface area (Å²) in [6.07, 6.45) is 5.40. The third-order valence-corrected chi connectivity index (χ3v) is 6.60. The molecule has 1 fully saturated rings. The van der Waals surface area contributed by atoms with Gasteiger partial charge in [0.05, 0.1) is 10.9 Å². The molecule has 1 N–H and O–H groups in total. The molecule has 1 unspecified atom stereocenters. The number of pyridine rings is 1. The molecule has 2 heterocycles. The zero-order valence-electron chi connectivity index (χ0n) is 13.3. The molecule has 1 atom stereocenters. The number of benzene rings is 1. The monoisotopic (exact) mass is 385 g/mol. The zero-order chi connectivity index (χ0) is 16.3. The Morgan fingerprint density at radius 3 is 2.62 bits per heavy atom. The van der Waals surface area contributed by atoms with Gasteiger partial charge in [-0.3, -0.25) is 4.98 Å². The third kappa shape index (κ3) is 3.92. The maximum atomic E-state index is 13.0. The number of nitrogens with one attached hydrogen (secondary N) is 1. The largest absolute Gasteiger partial charge is 0.313 e. The van der Waals surface area contributed by atoms with E-state index in [4.69, 9.17) is 0 Å². The summed E-state index contributed by atoms with van der Waals surface area (Å²) in [5.41, 5.74) is 0.906. The summed E-state index contributed by atoms with van der Waals surface area (Å²) in [6.45, 7) is 1.69. The van der Waals surface area contributed by atoms with Crippen molar-refractivity contribution in [3.05, 3.63) is 54.4 Å². The Morgan fingerprint density at radius 1 is 1.25 bits per heavy atom. The van der Waals surface area contributed by atoms with Crippen LogP contribution in [0.4, 0.5) is 0 Å². The molecule has 1 aromatic carbocycles. The van der Waals surface area contributed by atoms with E-state index in [1.807, 2.05) is 30.5 Å². The Hall–Kier alpha value is -1.12. The summed E-state index contributed by atoms with van der Waals surface area (Å²) in [5.74, 6) is 0. The Balaban J connectivity index is 0.00000208. The van der Waals surface area contributed by atoms with Crippen LogP contribution in [0.2, 0.25) is 0 Å². The smallest absolute Gasteiger partial charge is 0.243 e. The van der Waals surface area contributed by atoms with Crippen LogP contribution in [0.1, 0.15) is 11.6 Å². The van der Waals surface area contributed by atoms with E-state index in [1.165, 1.54) is 0 Å². The lowest BCUT2D eigenvalue weighted by Gasteiger charge is -2.35. The van der Waals surface area contributed by atoms with Crippen LogP contribution in [0.5, 0.6) is 0 Å². The Morgan fingerprint density at radius 2 is 2.00 bits per heavy atom. The van der Waals surface area contributed by atoms with E-state index in [1.54, 1.807) is 40.6 Å². The highest BCUT2D eigenvalue weighted by molar-refractivity contribution is 7.98. The number of halogens is 1. The molecule has 130 valence electrons. The van der Waals surface area contributed by atoms with Gasteiger partial charge in [0.15, 0.2) is 0 Å². The first kappa shape index (κ1) is 19.2. The fraction of sp³-hybridized carbons (Fsp3) is 0.312. The van der Waals surface area contributed by atoms with Crippen molar-refractivity contribution < 1.29 is 8.42 Å². The minimum absolute atomic E-state index is 0. The maximum absolute atomic E-state index is 13.0. The quantitative estimate of drug-likeness (QED) is 0.819. The van der Waals surface area contributed by atoms with E-state index in [-0.39, 0.29) is 18.4 Å². The van der Waals surface area contributed by atoms with Gasteiger partial charge in [0, 0.05) is 36.9 Å². The van der Waals surface area contributed by atoms with Crippen molar-refractivity contribution in [2.24, 2.45) is 0 Å². The highest BCUT2D eigenvalue weighted by atomic mass is 35.5. The predicted molar refractivity (Wildman–Crippen MR) is 99.2 cm³/mol. The number of piperazine rings is 1. The van der Waals surface area contributed by atoms with Crippen molar-refractivity contribution in [3.63, 3.8) is 0 Å². The number of thioether (sulfide) groups is 1. The Labute approximate surface area is 153 Å². The summed E-state index contributed by atoms with van der Waals surface area (Å²) in [4.78, 5) is 5.51. The SMILES string of the molecule is CSc1ccc(S(=O)(=O)N2CCNCC2c2cccnc2)cc1.Cl. The van der Waals surface area contributed by atoms with Crippen LogP contribution in [0, 0.1) is 0 Å². The molecule has 0 aliphatic carbocycles. The predicted octanol–water partition coefficient (Wildman–Crippen LogP) is 2.56. The van der Waals surface area contributed by atoms with E-state index in [0.717, 1.165) is 10.5 Å². The number of hydrogen-bond donors (Lipinski definition) is 1. The first-order chi connectivity index (χ1) is 11.1. The van der Waals surface area contributed by atoms with E-state index in [2.05, 4.69) is 10.3 Å². The molecule has 5 nitrogen and oxygen atoms in total. The topological polar surface area (TPSA) is 62.3 Å². The van der Waals surface area contributed by atoms with Crippen molar-refractivity contribution >= 4 is 34.2 Å². The molecular formula is C16H20ClN3O2S2. The molecule has 0 bridgehead atoms. The average molecular weight is 386 g/mol. The summed E-state index contributed by atoms with van der Waals surface area (Å²) in [7, 11) is -3.53. The molecule has 0 radical (unpaired) electrons. The molecule has 1 aliphatic heterocycles. The van der Waals surface area contributed by atoms with Gasteiger partial charge in [-0.2, -0.15) is 4.31 Å². The van der Waals surface area contributed by atoms with E-state index in [9.17, 15) is 8.42 Å².